The first kappa shape index (κ1) is 20.5. The van der Waals surface area contributed by atoms with Crippen LogP contribution in [0.25, 0.3) is 16.6 Å². The number of benzene rings is 2. The first-order valence-corrected chi connectivity index (χ1v) is 10.7. The Balaban J connectivity index is 1.33. The maximum absolute atomic E-state index is 6.08. The number of ether oxygens (including phenoxy) is 3. The van der Waals surface area contributed by atoms with Crippen LogP contribution < -0.4 is 9.47 Å². The number of nitrogens with zero attached hydrogens (tertiary/aromatic N) is 4. The molecular formula is C25H26N4O3. The highest BCUT2D eigenvalue weighted by molar-refractivity contribution is 5.66. The van der Waals surface area contributed by atoms with Crippen LogP contribution in [-0.4, -0.2) is 53.6 Å². The zero-order valence-corrected chi connectivity index (χ0v) is 18.3. The summed E-state index contributed by atoms with van der Waals surface area (Å²) >= 11 is 0. The quantitative estimate of drug-likeness (QED) is 0.461. The highest BCUT2D eigenvalue weighted by Gasteiger charge is 2.26. The summed E-state index contributed by atoms with van der Waals surface area (Å²) in [5, 5.41) is 8.84. The fraction of sp³-hybridized carbons (Fsp3) is 0.280. The lowest BCUT2D eigenvalue weighted by atomic mass is 10.1. The maximum atomic E-state index is 6.08. The molecule has 1 saturated heterocycles. The summed E-state index contributed by atoms with van der Waals surface area (Å²) in [6.45, 7) is 3.21. The van der Waals surface area contributed by atoms with Crippen molar-refractivity contribution in [3.8, 4) is 22.6 Å². The molecule has 1 fully saturated rings. The molecule has 0 amide bonds. The van der Waals surface area contributed by atoms with Crippen molar-refractivity contribution in [1.82, 2.24) is 19.7 Å². The van der Waals surface area contributed by atoms with E-state index in [2.05, 4.69) is 39.5 Å². The highest BCUT2D eigenvalue weighted by Crippen LogP contribution is 2.28. The van der Waals surface area contributed by atoms with Crippen LogP contribution >= 0.6 is 0 Å². The van der Waals surface area contributed by atoms with E-state index in [1.807, 2.05) is 47.1 Å². The lowest BCUT2D eigenvalue weighted by Crippen LogP contribution is -2.38. The van der Waals surface area contributed by atoms with Gasteiger partial charge in [-0.1, -0.05) is 35.5 Å². The molecule has 7 heteroatoms. The van der Waals surface area contributed by atoms with Gasteiger partial charge in [0.25, 0.3) is 0 Å². The molecule has 2 aromatic carbocycles. The summed E-state index contributed by atoms with van der Waals surface area (Å²) in [6.07, 6.45) is 1.90. The summed E-state index contributed by atoms with van der Waals surface area (Å²) < 4.78 is 18.4. The lowest BCUT2D eigenvalue weighted by Gasteiger charge is -2.32. The van der Waals surface area contributed by atoms with Gasteiger partial charge in [-0.3, -0.25) is 4.90 Å². The standard InChI is InChI=1S/C25H26N4O3/c1-30-21-8-3-18(4-9-21)15-28-13-14-32-24(17-28)25-23-12-7-20(16-29(23)27-26-25)19-5-10-22(31-2)11-6-19/h3-12,16,24H,13-15,17H2,1-2H3/t24-/m0/s1. The number of pyridine rings is 1. The van der Waals surface area contributed by atoms with Crippen molar-refractivity contribution in [2.75, 3.05) is 33.9 Å². The number of aromatic nitrogens is 3. The minimum absolute atomic E-state index is 0.105. The number of morpholine rings is 1. The van der Waals surface area contributed by atoms with Gasteiger partial charge in [0.05, 0.1) is 26.3 Å². The third kappa shape index (κ3) is 4.17. The van der Waals surface area contributed by atoms with Crippen molar-refractivity contribution in [2.45, 2.75) is 12.6 Å². The molecule has 0 saturated carbocycles. The zero-order chi connectivity index (χ0) is 21.9. The van der Waals surface area contributed by atoms with Crippen LogP contribution in [-0.2, 0) is 11.3 Å². The van der Waals surface area contributed by atoms with E-state index in [-0.39, 0.29) is 6.10 Å². The number of hydrogen-bond acceptors (Lipinski definition) is 6. The molecule has 1 aliphatic heterocycles. The molecule has 3 heterocycles. The van der Waals surface area contributed by atoms with Crippen LogP contribution in [0.4, 0.5) is 0 Å². The van der Waals surface area contributed by atoms with Crippen molar-refractivity contribution in [2.24, 2.45) is 0 Å². The minimum atomic E-state index is -0.105. The second-order valence-electron chi connectivity index (χ2n) is 7.89. The van der Waals surface area contributed by atoms with Gasteiger partial charge < -0.3 is 14.2 Å². The van der Waals surface area contributed by atoms with Gasteiger partial charge in [0.1, 0.15) is 23.3 Å². The third-order valence-corrected chi connectivity index (χ3v) is 5.88. The molecule has 32 heavy (non-hydrogen) atoms. The topological polar surface area (TPSA) is 61.1 Å². The van der Waals surface area contributed by atoms with E-state index in [0.29, 0.717) is 6.61 Å². The van der Waals surface area contributed by atoms with E-state index in [9.17, 15) is 0 Å². The molecule has 0 radical (unpaired) electrons. The molecule has 5 rings (SSSR count). The molecule has 4 aromatic rings. The molecular weight excluding hydrogens is 404 g/mol. The van der Waals surface area contributed by atoms with Crippen LogP contribution in [0.2, 0.25) is 0 Å². The second kappa shape index (κ2) is 8.98. The summed E-state index contributed by atoms with van der Waals surface area (Å²) in [7, 11) is 3.36. The Morgan fingerprint density at radius 3 is 2.31 bits per heavy atom. The summed E-state index contributed by atoms with van der Waals surface area (Å²) in [4.78, 5) is 2.40. The van der Waals surface area contributed by atoms with Gasteiger partial charge in [0, 0.05) is 31.4 Å². The summed E-state index contributed by atoms with van der Waals surface area (Å²) in [6, 6.07) is 20.4. The van der Waals surface area contributed by atoms with Crippen LogP contribution in [0.5, 0.6) is 11.5 Å². The lowest BCUT2D eigenvalue weighted by molar-refractivity contribution is -0.0343. The Labute approximate surface area is 187 Å². The number of fused-ring (bicyclic) bond motifs is 1. The van der Waals surface area contributed by atoms with Crippen LogP contribution in [0.3, 0.4) is 0 Å². The second-order valence-corrected chi connectivity index (χ2v) is 7.89. The van der Waals surface area contributed by atoms with Crippen molar-refractivity contribution >= 4 is 5.52 Å². The van der Waals surface area contributed by atoms with Crippen molar-refractivity contribution in [3.05, 3.63) is 78.1 Å². The molecule has 0 aliphatic carbocycles. The van der Waals surface area contributed by atoms with Gasteiger partial charge in [0.15, 0.2) is 0 Å². The molecule has 7 nitrogen and oxygen atoms in total. The Bertz CT molecular complexity index is 1190. The molecule has 164 valence electrons. The zero-order valence-electron chi connectivity index (χ0n) is 18.3. The van der Waals surface area contributed by atoms with Crippen molar-refractivity contribution in [1.29, 1.82) is 0 Å². The molecule has 0 spiro atoms. The Kier molecular flexibility index (Phi) is 5.75. The van der Waals surface area contributed by atoms with Gasteiger partial charge in [-0.25, -0.2) is 4.52 Å². The first-order valence-electron chi connectivity index (χ1n) is 10.7. The summed E-state index contributed by atoms with van der Waals surface area (Å²) in [5.41, 5.74) is 5.28. The number of methoxy groups -OCH3 is 2. The van der Waals surface area contributed by atoms with Gasteiger partial charge in [-0.05, 0) is 41.5 Å². The molecule has 1 atom stereocenters. The maximum Gasteiger partial charge on any atom is 0.121 e. The molecule has 0 N–H and O–H groups in total. The monoisotopic (exact) mass is 430 g/mol. The Morgan fingerprint density at radius 2 is 1.59 bits per heavy atom. The highest BCUT2D eigenvalue weighted by atomic mass is 16.5. The van der Waals surface area contributed by atoms with E-state index in [1.165, 1.54) is 5.56 Å². The average Bonchev–Trinajstić information content (AvgIpc) is 3.28. The number of hydrogen-bond donors (Lipinski definition) is 0. The Morgan fingerprint density at radius 1 is 0.906 bits per heavy atom. The van der Waals surface area contributed by atoms with E-state index >= 15 is 0 Å². The molecule has 0 unspecified atom stereocenters. The Hall–Kier alpha value is -3.42. The van der Waals surface area contributed by atoms with E-state index in [0.717, 1.165) is 53.5 Å². The van der Waals surface area contributed by atoms with Gasteiger partial charge in [0.2, 0.25) is 0 Å². The normalized spacial score (nSPS) is 16.9. The molecule has 1 aliphatic rings. The van der Waals surface area contributed by atoms with Gasteiger partial charge >= 0.3 is 0 Å². The van der Waals surface area contributed by atoms with Gasteiger partial charge in [-0.15, -0.1) is 5.10 Å². The number of rotatable bonds is 6. The largest absolute Gasteiger partial charge is 0.497 e. The van der Waals surface area contributed by atoms with Crippen molar-refractivity contribution < 1.29 is 14.2 Å². The smallest absolute Gasteiger partial charge is 0.121 e. The fourth-order valence-electron chi connectivity index (χ4n) is 4.10. The minimum Gasteiger partial charge on any atom is -0.497 e. The van der Waals surface area contributed by atoms with Crippen LogP contribution in [0.15, 0.2) is 66.9 Å². The van der Waals surface area contributed by atoms with E-state index < -0.39 is 0 Å². The van der Waals surface area contributed by atoms with Gasteiger partial charge in [-0.2, -0.15) is 0 Å². The fourth-order valence-corrected chi connectivity index (χ4v) is 4.10. The first-order chi connectivity index (χ1) is 15.7. The molecule has 2 aromatic heterocycles. The summed E-state index contributed by atoms with van der Waals surface area (Å²) in [5.74, 6) is 1.71. The predicted octanol–water partition coefficient (Wildman–Crippen LogP) is 3.99. The molecule has 0 bridgehead atoms. The average molecular weight is 431 g/mol. The third-order valence-electron chi connectivity index (χ3n) is 5.88. The van der Waals surface area contributed by atoms with Crippen LogP contribution in [0.1, 0.15) is 17.4 Å². The van der Waals surface area contributed by atoms with Crippen molar-refractivity contribution in [3.63, 3.8) is 0 Å². The SMILES string of the molecule is COc1ccc(CN2CCO[C@H](c3nnn4cc(-c5ccc(OC)cc5)ccc34)C2)cc1. The predicted molar refractivity (Wildman–Crippen MR) is 122 cm³/mol. The van der Waals surface area contributed by atoms with E-state index in [1.54, 1.807) is 14.2 Å². The van der Waals surface area contributed by atoms with E-state index in [4.69, 9.17) is 14.2 Å². The van der Waals surface area contributed by atoms with Crippen LogP contribution in [0, 0.1) is 0 Å².